The van der Waals surface area contributed by atoms with Crippen molar-refractivity contribution in [3.63, 3.8) is 0 Å². The summed E-state index contributed by atoms with van der Waals surface area (Å²) in [6.07, 6.45) is 8.71. The van der Waals surface area contributed by atoms with Crippen molar-refractivity contribution in [1.29, 1.82) is 0 Å². The van der Waals surface area contributed by atoms with Gasteiger partial charge in [-0.2, -0.15) is 0 Å². The molecule has 1 atom stereocenters. The summed E-state index contributed by atoms with van der Waals surface area (Å²) in [7, 11) is 2.20. The van der Waals surface area contributed by atoms with Gasteiger partial charge in [0.05, 0.1) is 0 Å². The highest BCUT2D eigenvalue weighted by atomic mass is 28.2. The zero-order valence-corrected chi connectivity index (χ0v) is 14.4. The molecule has 1 fully saturated rings. The lowest BCUT2D eigenvalue weighted by atomic mass is 10.2. The molecule has 1 heterocycles. The summed E-state index contributed by atoms with van der Waals surface area (Å²) >= 11 is 0. The van der Waals surface area contributed by atoms with Gasteiger partial charge in [-0.25, -0.2) is 0 Å². The predicted molar refractivity (Wildman–Crippen MR) is 83.1 cm³/mol. The van der Waals surface area contributed by atoms with Gasteiger partial charge in [0.2, 0.25) is 0 Å². The van der Waals surface area contributed by atoms with Gasteiger partial charge in [-0.05, 0) is 39.4 Å². The number of nitrogens with zero attached hydrogens (tertiary/aromatic N) is 3. The standard InChI is InChI=1S/C14H33N3Si/c1-5-8-10-13-17-14(15(4)11-7-3)16(18-17)12-9-6-2/h14H,5-13,18H2,1-4H3. The fourth-order valence-corrected chi connectivity index (χ4v) is 5.04. The van der Waals surface area contributed by atoms with Crippen LogP contribution in [0.5, 0.6) is 0 Å². The molecule has 1 unspecified atom stereocenters. The highest BCUT2D eigenvalue weighted by molar-refractivity contribution is 6.32. The van der Waals surface area contributed by atoms with E-state index in [1.807, 2.05) is 0 Å². The van der Waals surface area contributed by atoms with E-state index >= 15 is 0 Å². The molecule has 0 aliphatic carbocycles. The summed E-state index contributed by atoms with van der Waals surface area (Å²) in [6, 6.07) is 0. The summed E-state index contributed by atoms with van der Waals surface area (Å²) < 4.78 is 5.55. The zero-order valence-electron chi connectivity index (χ0n) is 13.0. The van der Waals surface area contributed by atoms with Crippen molar-refractivity contribution in [2.75, 3.05) is 26.7 Å². The molecule has 4 heteroatoms. The Morgan fingerprint density at radius 3 is 2.06 bits per heavy atom. The largest absolute Gasteiger partial charge is 0.289 e. The van der Waals surface area contributed by atoms with Crippen molar-refractivity contribution >= 4 is 9.84 Å². The smallest absolute Gasteiger partial charge is 0.177 e. The maximum Gasteiger partial charge on any atom is 0.177 e. The highest BCUT2D eigenvalue weighted by Crippen LogP contribution is 2.21. The molecule has 1 aliphatic heterocycles. The van der Waals surface area contributed by atoms with Gasteiger partial charge < -0.3 is 0 Å². The van der Waals surface area contributed by atoms with Crippen LogP contribution in [0.25, 0.3) is 0 Å². The zero-order chi connectivity index (χ0) is 13.4. The number of rotatable bonds is 10. The van der Waals surface area contributed by atoms with Crippen molar-refractivity contribution in [3.8, 4) is 0 Å². The van der Waals surface area contributed by atoms with Gasteiger partial charge in [0.15, 0.2) is 9.84 Å². The van der Waals surface area contributed by atoms with E-state index in [1.165, 1.54) is 58.2 Å². The van der Waals surface area contributed by atoms with Gasteiger partial charge in [0, 0.05) is 6.54 Å². The lowest BCUT2D eigenvalue weighted by molar-refractivity contribution is -0.0299. The molecule has 3 nitrogen and oxygen atoms in total. The molecule has 0 radical (unpaired) electrons. The molecule has 1 aliphatic rings. The first-order chi connectivity index (χ1) is 8.74. The van der Waals surface area contributed by atoms with Crippen molar-refractivity contribution < 1.29 is 0 Å². The fraction of sp³-hybridized carbons (Fsp3) is 1.00. The van der Waals surface area contributed by atoms with Crippen molar-refractivity contribution in [2.24, 2.45) is 0 Å². The maximum absolute atomic E-state index is 2.78. The normalized spacial score (nSPS) is 22.8. The summed E-state index contributed by atoms with van der Waals surface area (Å²) in [5.41, 5.74) is 0. The molecule has 0 aromatic carbocycles. The SMILES string of the molecule is CCCCCN1[SiH2]N(CCCC)C1N(C)CCC. The first kappa shape index (κ1) is 16.2. The van der Waals surface area contributed by atoms with Crippen molar-refractivity contribution in [1.82, 2.24) is 14.0 Å². The molecule has 18 heavy (non-hydrogen) atoms. The quantitative estimate of drug-likeness (QED) is 0.446. The molecule has 108 valence electrons. The summed E-state index contributed by atoms with van der Waals surface area (Å²) in [4.78, 5) is 2.55. The Kier molecular flexibility index (Phi) is 8.14. The van der Waals surface area contributed by atoms with Crippen LogP contribution in [0.15, 0.2) is 0 Å². The molecule has 0 spiro atoms. The van der Waals surface area contributed by atoms with Crippen LogP contribution in [0.1, 0.15) is 59.3 Å². The second kappa shape index (κ2) is 9.07. The third-order valence-corrected chi connectivity index (χ3v) is 5.85. The minimum Gasteiger partial charge on any atom is -0.289 e. The second-order valence-electron chi connectivity index (χ2n) is 5.65. The van der Waals surface area contributed by atoms with E-state index in [4.69, 9.17) is 0 Å². The summed E-state index contributed by atoms with van der Waals surface area (Å²) in [5.74, 6) is 0. The van der Waals surface area contributed by atoms with E-state index in [9.17, 15) is 0 Å². The molecule has 0 saturated carbocycles. The van der Waals surface area contributed by atoms with Crippen molar-refractivity contribution in [2.45, 2.75) is 65.6 Å². The minimum absolute atomic E-state index is 0.0976. The van der Waals surface area contributed by atoms with Gasteiger partial charge in [0.25, 0.3) is 0 Å². The van der Waals surface area contributed by atoms with E-state index in [0.29, 0.717) is 6.29 Å². The predicted octanol–water partition coefficient (Wildman–Crippen LogP) is 2.22. The van der Waals surface area contributed by atoms with Crippen LogP contribution in [0.3, 0.4) is 0 Å². The molecule has 1 rings (SSSR count). The molecule has 0 aromatic heterocycles. The van der Waals surface area contributed by atoms with Crippen LogP contribution in [0.4, 0.5) is 0 Å². The average molecular weight is 272 g/mol. The van der Waals surface area contributed by atoms with E-state index in [0.717, 1.165) is 0 Å². The van der Waals surface area contributed by atoms with E-state index in [2.05, 4.69) is 41.8 Å². The molecule has 0 amide bonds. The Hall–Kier alpha value is 0.0969. The van der Waals surface area contributed by atoms with Crippen molar-refractivity contribution in [3.05, 3.63) is 0 Å². The van der Waals surface area contributed by atoms with Crippen LogP contribution in [-0.4, -0.2) is 56.8 Å². The van der Waals surface area contributed by atoms with E-state index < -0.39 is 0 Å². The Morgan fingerprint density at radius 1 is 0.889 bits per heavy atom. The lowest BCUT2D eigenvalue weighted by Crippen LogP contribution is -2.72. The Bertz CT molecular complexity index is 213. The topological polar surface area (TPSA) is 9.72 Å². The number of hydrogen-bond acceptors (Lipinski definition) is 3. The molecular weight excluding hydrogens is 238 g/mol. The van der Waals surface area contributed by atoms with Gasteiger partial charge in [-0.15, -0.1) is 0 Å². The molecule has 1 saturated heterocycles. The molecule has 0 aromatic rings. The lowest BCUT2D eigenvalue weighted by Gasteiger charge is -2.54. The van der Waals surface area contributed by atoms with E-state index in [-0.39, 0.29) is 9.84 Å². The minimum atomic E-state index is -0.0976. The second-order valence-corrected chi connectivity index (χ2v) is 7.56. The van der Waals surface area contributed by atoms with Crippen LogP contribution < -0.4 is 0 Å². The highest BCUT2D eigenvalue weighted by Gasteiger charge is 2.37. The Labute approximate surface area is 116 Å². The van der Waals surface area contributed by atoms with Gasteiger partial charge in [-0.3, -0.25) is 14.0 Å². The van der Waals surface area contributed by atoms with E-state index in [1.54, 1.807) is 0 Å². The summed E-state index contributed by atoms with van der Waals surface area (Å²) in [5, 5.41) is 0. The molecule has 0 bridgehead atoms. The third-order valence-electron chi connectivity index (χ3n) is 3.83. The fourth-order valence-electron chi connectivity index (χ4n) is 2.84. The first-order valence-electron chi connectivity index (χ1n) is 7.92. The maximum atomic E-state index is 2.78. The van der Waals surface area contributed by atoms with Gasteiger partial charge >= 0.3 is 0 Å². The van der Waals surface area contributed by atoms with Crippen LogP contribution >= 0.6 is 0 Å². The van der Waals surface area contributed by atoms with Crippen LogP contribution in [-0.2, 0) is 0 Å². The van der Waals surface area contributed by atoms with Crippen LogP contribution in [0.2, 0.25) is 0 Å². The molecule has 0 N–H and O–H groups in total. The Morgan fingerprint density at radius 2 is 1.50 bits per heavy atom. The third kappa shape index (κ3) is 4.65. The number of unbranched alkanes of at least 4 members (excludes halogenated alkanes) is 3. The Balaban J connectivity index is 2.38. The molecular formula is C14H33N3Si. The van der Waals surface area contributed by atoms with Gasteiger partial charge in [-0.1, -0.05) is 40.0 Å². The summed E-state index contributed by atoms with van der Waals surface area (Å²) in [6.45, 7) is 10.8. The van der Waals surface area contributed by atoms with Crippen LogP contribution in [0, 0.1) is 0 Å². The van der Waals surface area contributed by atoms with Gasteiger partial charge in [0.1, 0.15) is 6.29 Å². The number of hydrogen-bond donors (Lipinski definition) is 0. The first-order valence-corrected chi connectivity index (χ1v) is 9.19. The monoisotopic (exact) mass is 271 g/mol. The average Bonchev–Trinajstić information content (AvgIpc) is 2.32.